The fourth-order valence-corrected chi connectivity index (χ4v) is 5.04. The minimum Gasteiger partial charge on any atom is -0.479 e. The summed E-state index contributed by atoms with van der Waals surface area (Å²) >= 11 is 12.3. The van der Waals surface area contributed by atoms with Crippen LogP contribution < -0.4 is 14.8 Å². The summed E-state index contributed by atoms with van der Waals surface area (Å²) in [7, 11) is 0. The van der Waals surface area contributed by atoms with Crippen LogP contribution in [0.4, 0.5) is 4.79 Å². The lowest BCUT2D eigenvalue weighted by atomic mass is 9.85. The molecular formula is C26H21Cl2N3O3. The first-order valence-corrected chi connectivity index (χ1v) is 11.7. The van der Waals surface area contributed by atoms with Crippen LogP contribution in [-0.4, -0.2) is 30.2 Å². The Morgan fingerprint density at radius 1 is 1.12 bits per heavy atom. The molecule has 1 amide bonds. The number of nitrogens with zero attached hydrogens (tertiary/aromatic N) is 2. The van der Waals surface area contributed by atoms with E-state index in [1.807, 2.05) is 36.4 Å². The smallest absolute Gasteiger partial charge is 0.416 e. The van der Waals surface area contributed by atoms with Crippen molar-refractivity contribution in [1.82, 2.24) is 10.2 Å². The average Bonchev–Trinajstić information content (AvgIpc) is 3.21. The summed E-state index contributed by atoms with van der Waals surface area (Å²) in [6, 6.07) is 15.9. The third-order valence-electron chi connectivity index (χ3n) is 6.22. The van der Waals surface area contributed by atoms with Gasteiger partial charge in [0.05, 0.1) is 6.04 Å². The van der Waals surface area contributed by atoms with E-state index in [0.717, 1.165) is 16.3 Å². The Morgan fingerprint density at radius 3 is 2.59 bits per heavy atom. The second-order valence-corrected chi connectivity index (χ2v) is 9.10. The second-order valence-electron chi connectivity index (χ2n) is 8.23. The van der Waals surface area contributed by atoms with Gasteiger partial charge in [-0.15, -0.1) is 0 Å². The Labute approximate surface area is 207 Å². The van der Waals surface area contributed by atoms with E-state index in [1.165, 1.54) is 5.57 Å². The topological polar surface area (TPSA) is 74.6 Å². The number of rotatable bonds is 4. The molecule has 6 nitrogen and oxygen atoms in total. The molecule has 0 bridgehead atoms. The van der Waals surface area contributed by atoms with Gasteiger partial charge in [-0.2, -0.15) is 5.26 Å². The van der Waals surface area contributed by atoms with Crippen LogP contribution in [0, 0.1) is 17.2 Å². The number of hydrogen-bond donors (Lipinski definition) is 1. The third-order valence-corrected chi connectivity index (χ3v) is 6.72. The van der Waals surface area contributed by atoms with E-state index >= 15 is 0 Å². The minimum atomic E-state index is -0.440. The van der Waals surface area contributed by atoms with Crippen LogP contribution in [0.2, 0.25) is 5.02 Å². The van der Waals surface area contributed by atoms with Crippen molar-refractivity contribution in [3.05, 3.63) is 93.6 Å². The molecule has 2 aromatic rings. The van der Waals surface area contributed by atoms with Crippen molar-refractivity contribution in [3.8, 4) is 17.6 Å². The molecule has 2 aromatic carbocycles. The molecule has 1 N–H and O–H groups in total. The van der Waals surface area contributed by atoms with Gasteiger partial charge in [-0.25, -0.2) is 4.79 Å². The van der Waals surface area contributed by atoms with Crippen molar-refractivity contribution in [3.63, 3.8) is 0 Å². The lowest BCUT2D eigenvalue weighted by molar-refractivity contribution is 0.134. The Balaban J connectivity index is 1.48. The summed E-state index contributed by atoms with van der Waals surface area (Å²) in [5, 5.41) is 13.7. The Kier molecular flexibility index (Phi) is 6.23. The highest BCUT2D eigenvalue weighted by Crippen LogP contribution is 2.45. The van der Waals surface area contributed by atoms with E-state index in [-0.39, 0.29) is 24.6 Å². The van der Waals surface area contributed by atoms with Gasteiger partial charge in [-0.1, -0.05) is 47.5 Å². The number of amides is 1. The highest BCUT2D eigenvalue weighted by Gasteiger charge is 2.43. The molecule has 0 fully saturated rings. The van der Waals surface area contributed by atoms with E-state index in [4.69, 9.17) is 37.9 Å². The quantitative estimate of drug-likeness (QED) is 0.589. The normalized spacial score (nSPS) is 22.8. The number of ether oxygens (including phenoxy) is 2. The molecule has 2 heterocycles. The maximum Gasteiger partial charge on any atom is 0.416 e. The van der Waals surface area contributed by atoms with Crippen LogP contribution >= 0.6 is 23.2 Å². The molecule has 2 unspecified atom stereocenters. The Hall–Kier alpha value is -3.40. The van der Waals surface area contributed by atoms with Crippen LogP contribution in [0.25, 0.3) is 0 Å². The number of benzene rings is 2. The molecule has 5 rings (SSSR count). The van der Waals surface area contributed by atoms with Gasteiger partial charge >= 0.3 is 6.09 Å². The number of hydrogen-bond acceptors (Lipinski definition) is 5. The molecule has 0 saturated heterocycles. The Morgan fingerprint density at radius 2 is 1.85 bits per heavy atom. The monoisotopic (exact) mass is 493 g/mol. The Bertz CT molecular complexity index is 1230. The number of fused-ring (bicyclic) bond motifs is 2. The van der Waals surface area contributed by atoms with Gasteiger partial charge in [0.15, 0.2) is 6.61 Å². The zero-order valence-corrected chi connectivity index (χ0v) is 19.6. The van der Waals surface area contributed by atoms with E-state index < -0.39 is 6.09 Å². The number of carbonyl (C=O) groups is 1. The van der Waals surface area contributed by atoms with E-state index in [9.17, 15) is 4.79 Å². The first-order valence-electron chi connectivity index (χ1n) is 10.9. The average molecular weight is 494 g/mol. The SMILES string of the molecule is N#CCOc1ccc([C@H]2C3=C(CCN2C(=O)Oc2ccc(Cl)cc2)C2C=C(Cl)C=CC2N3)cc1. The van der Waals surface area contributed by atoms with Crippen molar-refractivity contribution in [2.24, 2.45) is 5.92 Å². The van der Waals surface area contributed by atoms with Crippen molar-refractivity contribution < 1.29 is 14.3 Å². The van der Waals surface area contributed by atoms with Crippen molar-refractivity contribution >= 4 is 29.3 Å². The van der Waals surface area contributed by atoms with Gasteiger partial charge in [0.1, 0.15) is 23.6 Å². The fourth-order valence-electron chi connectivity index (χ4n) is 4.70. The van der Waals surface area contributed by atoms with Crippen LogP contribution in [0.1, 0.15) is 18.0 Å². The number of nitriles is 1. The van der Waals surface area contributed by atoms with E-state index in [1.54, 1.807) is 29.2 Å². The van der Waals surface area contributed by atoms with Gasteiger partial charge in [-0.3, -0.25) is 4.90 Å². The molecule has 0 spiro atoms. The molecule has 0 radical (unpaired) electrons. The first kappa shape index (κ1) is 22.4. The van der Waals surface area contributed by atoms with Crippen LogP contribution in [0.3, 0.4) is 0 Å². The maximum absolute atomic E-state index is 13.3. The molecular weight excluding hydrogens is 473 g/mol. The molecule has 1 aliphatic carbocycles. The summed E-state index contributed by atoms with van der Waals surface area (Å²) in [4.78, 5) is 15.0. The highest BCUT2D eigenvalue weighted by molar-refractivity contribution is 6.31. The molecule has 0 saturated carbocycles. The molecule has 3 atom stereocenters. The van der Waals surface area contributed by atoms with Crippen molar-refractivity contribution in [2.45, 2.75) is 18.5 Å². The predicted molar refractivity (Wildman–Crippen MR) is 130 cm³/mol. The third kappa shape index (κ3) is 4.37. The van der Waals surface area contributed by atoms with E-state index in [2.05, 4.69) is 17.5 Å². The highest BCUT2D eigenvalue weighted by atomic mass is 35.5. The summed E-state index contributed by atoms with van der Waals surface area (Å²) < 4.78 is 11.1. The van der Waals surface area contributed by atoms with Gasteiger partial charge in [-0.05, 0) is 60.0 Å². The zero-order chi connectivity index (χ0) is 23.7. The van der Waals surface area contributed by atoms with Crippen LogP contribution in [0.15, 0.2) is 83.1 Å². The lowest BCUT2D eigenvalue weighted by Gasteiger charge is -2.37. The summed E-state index contributed by atoms with van der Waals surface area (Å²) in [5.41, 5.74) is 3.15. The first-order chi connectivity index (χ1) is 16.5. The lowest BCUT2D eigenvalue weighted by Crippen LogP contribution is -2.43. The predicted octanol–water partition coefficient (Wildman–Crippen LogP) is 5.72. The van der Waals surface area contributed by atoms with Gasteiger partial charge in [0.25, 0.3) is 0 Å². The van der Waals surface area contributed by atoms with Gasteiger partial charge in [0, 0.05) is 28.2 Å². The minimum absolute atomic E-state index is 0.0258. The molecule has 8 heteroatoms. The summed E-state index contributed by atoms with van der Waals surface area (Å²) in [6.07, 6.45) is 6.31. The van der Waals surface area contributed by atoms with Crippen LogP contribution in [0.5, 0.6) is 11.5 Å². The molecule has 2 aliphatic heterocycles. The number of nitrogens with one attached hydrogen (secondary N) is 1. The van der Waals surface area contributed by atoms with Gasteiger partial charge < -0.3 is 14.8 Å². The van der Waals surface area contributed by atoms with Gasteiger partial charge in [0.2, 0.25) is 0 Å². The van der Waals surface area contributed by atoms with Crippen molar-refractivity contribution in [2.75, 3.05) is 13.2 Å². The summed E-state index contributed by atoms with van der Waals surface area (Å²) in [6.45, 7) is 0.477. The number of carbonyl (C=O) groups excluding carboxylic acids is 1. The van der Waals surface area contributed by atoms with Crippen LogP contribution in [-0.2, 0) is 0 Å². The summed E-state index contributed by atoms with van der Waals surface area (Å²) in [5.74, 6) is 1.18. The maximum atomic E-state index is 13.3. The molecule has 3 aliphatic rings. The largest absolute Gasteiger partial charge is 0.479 e. The zero-order valence-electron chi connectivity index (χ0n) is 18.1. The molecule has 0 aromatic heterocycles. The second kappa shape index (κ2) is 9.46. The fraction of sp³-hybridized carbons (Fsp3) is 0.231. The standard InChI is InChI=1S/C26H21Cl2N3O3/c27-17-3-8-20(9-4-17)34-26(32)31-13-11-21-22-15-18(28)5-10-23(22)30-24(21)25(31)16-1-6-19(7-2-16)33-14-12-29/h1-10,15,22-23,25,30H,11,13-14H2/t22?,23?,25-/m0/s1. The van der Waals surface area contributed by atoms with Crippen molar-refractivity contribution in [1.29, 1.82) is 5.26 Å². The number of halogens is 2. The molecule has 172 valence electrons. The molecule has 34 heavy (non-hydrogen) atoms. The van der Waals surface area contributed by atoms with E-state index in [0.29, 0.717) is 29.5 Å². The number of allylic oxidation sites excluding steroid dienone is 2.